The van der Waals surface area contributed by atoms with Gasteiger partial charge in [-0.25, -0.2) is 9.59 Å². The number of hydrogen-bond acceptors (Lipinski definition) is 7. The molecule has 3 aromatic rings. The molecular formula is C32H35NO7S. The second-order valence-electron chi connectivity index (χ2n) is 10.7. The molecule has 1 saturated heterocycles. The lowest BCUT2D eigenvalue weighted by Gasteiger charge is -2.26. The first-order valence-corrected chi connectivity index (χ1v) is 14.5. The van der Waals surface area contributed by atoms with E-state index in [2.05, 4.69) is 0 Å². The second-order valence-corrected chi connectivity index (χ2v) is 11.5. The highest BCUT2D eigenvalue weighted by molar-refractivity contribution is 7.98. The van der Waals surface area contributed by atoms with Gasteiger partial charge in [0.05, 0.1) is 7.11 Å². The lowest BCUT2D eigenvalue weighted by atomic mass is 9.82. The maximum Gasteiger partial charge on any atom is 0.415 e. The number of aliphatic carboxylic acids is 1. The Morgan fingerprint density at radius 1 is 0.927 bits per heavy atom. The van der Waals surface area contributed by atoms with Gasteiger partial charge in [0.25, 0.3) is 0 Å². The molecular weight excluding hydrogens is 542 g/mol. The van der Waals surface area contributed by atoms with Gasteiger partial charge in [-0.05, 0) is 87.0 Å². The van der Waals surface area contributed by atoms with E-state index >= 15 is 0 Å². The van der Waals surface area contributed by atoms with Crippen molar-refractivity contribution in [3.63, 3.8) is 0 Å². The van der Waals surface area contributed by atoms with Gasteiger partial charge in [-0.15, -0.1) is 11.8 Å². The van der Waals surface area contributed by atoms with Gasteiger partial charge in [0.2, 0.25) is 0 Å². The number of carbonyl (C=O) groups is 3. The van der Waals surface area contributed by atoms with Crippen LogP contribution in [0.2, 0.25) is 0 Å². The smallest absolute Gasteiger partial charge is 0.415 e. The molecule has 1 N–H and O–H groups in total. The van der Waals surface area contributed by atoms with Crippen molar-refractivity contribution < 1.29 is 33.7 Å². The summed E-state index contributed by atoms with van der Waals surface area (Å²) in [4.78, 5) is 41.3. The van der Waals surface area contributed by atoms with Crippen molar-refractivity contribution in [2.75, 3.05) is 26.5 Å². The molecule has 0 bridgehead atoms. The number of hydrogen-bond donors (Lipinski definition) is 1. The Labute approximate surface area is 244 Å². The summed E-state index contributed by atoms with van der Waals surface area (Å²) in [6.07, 6.45) is 1.44. The highest BCUT2D eigenvalue weighted by atomic mass is 32.2. The molecule has 0 spiro atoms. The van der Waals surface area contributed by atoms with Gasteiger partial charge in [0.15, 0.2) is 11.4 Å². The molecule has 1 amide bonds. The predicted molar refractivity (Wildman–Crippen MR) is 158 cm³/mol. The van der Waals surface area contributed by atoms with Crippen molar-refractivity contribution in [2.24, 2.45) is 5.92 Å². The molecule has 1 aliphatic heterocycles. The Balaban J connectivity index is 1.65. The summed E-state index contributed by atoms with van der Waals surface area (Å²) in [6, 6.07) is 18.1. The van der Waals surface area contributed by atoms with Crippen LogP contribution in [0.3, 0.4) is 0 Å². The molecule has 4 rings (SSSR count). The minimum Gasteiger partial charge on any atom is -0.497 e. The first-order valence-electron chi connectivity index (χ1n) is 13.3. The van der Waals surface area contributed by atoms with Crippen LogP contribution in [0.4, 0.5) is 4.79 Å². The van der Waals surface area contributed by atoms with Gasteiger partial charge in [0.1, 0.15) is 17.2 Å². The summed E-state index contributed by atoms with van der Waals surface area (Å²) >= 11 is 1.60. The van der Waals surface area contributed by atoms with E-state index in [0.29, 0.717) is 22.8 Å². The van der Waals surface area contributed by atoms with E-state index in [1.165, 1.54) is 13.8 Å². The summed E-state index contributed by atoms with van der Waals surface area (Å²) in [6.45, 7) is 7.20. The molecule has 0 aromatic heterocycles. The fourth-order valence-corrected chi connectivity index (χ4v) is 5.40. The fraction of sp³-hybridized carbons (Fsp3) is 0.344. The summed E-state index contributed by atoms with van der Waals surface area (Å²) in [5.74, 6) is -0.404. The Bertz CT molecular complexity index is 1410. The van der Waals surface area contributed by atoms with Crippen molar-refractivity contribution in [3.05, 3.63) is 82.9 Å². The molecule has 1 heterocycles. The van der Waals surface area contributed by atoms with Gasteiger partial charge >= 0.3 is 12.1 Å². The van der Waals surface area contributed by atoms with Crippen molar-refractivity contribution in [1.29, 1.82) is 0 Å². The third kappa shape index (κ3) is 6.68. The largest absolute Gasteiger partial charge is 0.497 e. The number of ketones is 1. The third-order valence-corrected chi connectivity index (χ3v) is 8.08. The van der Waals surface area contributed by atoms with E-state index < -0.39 is 23.6 Å². The standard InChI is InChI=1S/C32H35NO7S/c1-19-15-22(16-20(2)29(19)40-32(3,4)30(35)36)26-17-33(31(37)39-24-11-9-23(38-5)10-12-24)18-27(26)28(34)21-7-13-25(41-6)14-8-21/h7-16,26-27H,17-18H2,1-6H3,(H,35,36). The molecule has 41 heavy (non-hydrogen) atoms. The van der Waals surface area contributed by atoms with Crippen LogP contribution in [0.1, 0.15) is 46.8 Å². The van der Waals surface area contributed by atoms with Gasteiger partial charge in [-0.3, -0.25) is 4.79 Å². The number of carboxylic acids is 1. The molecule has 8 nitrogen and oxygen atoms in total. The maximum absolute atomic E-state index is 13.8. The highest BCUT2D eigenvalue weighted by Gasteiger charge is 2.42. The lowest BCUT2D eigenvalue weighted by Crippen LogP contribution is -2.38. The van der Waals surface area contributed by atoms with Crippen molar-refractivity contribution in [1.82, 2.24) is 4.90 Å². The van der Waals surface area contributed by atoms with Crippen molar-refractivity contribution in [3.8, 4) is 17.2 Å². The van der Waals surface area contributed by atoms with E-state index in [4.69, 9.17) is 14.2 Å². The number of Topliss-reactive ketones (excluding diaryl/α,β-unsaturated/α-hetero) is 1. The first-order chi connectivity index (χ1) is 19.4. The zero-order chi connectivity index (χ0) is 29.9. The number of ether oxygens (including phenoxy) is 3. The second kappa shape index (κ2) is 12.3. The number of methoxy groups -OCH3 is 1. The van der Waals surface area contributed by atoms with Crippen LogP contribution in [-0.2, 0) is 4.79 Å². The average molecular weight is 578 g/mol. The van der Waals surface area contributed by atoms with Crippen LogP contribution in [0, 0.1) is 19.8 Å². The van der Waals surface area contributed by atoms with Gasteiger partial charge in [0, 0.05) is 35.4 Å². The number of benzene rings is 3. The number of thioether (sulfide) groups is 1. The zero-order valence-electron chi connectivity index (χ0n) is 24.1. The number of carboxylic acid groups (broad SMARTS) is 1. The summed E-state index contributed by atoms with van der Waals surface area (Å²) in [5, 5.41) is 9.54. The molecule has 1 aliphatic rings. The predicted octanol–water partition coefficient (Wildman–Crippen LogP) is 6.37. The van der Waals surface area contributed by atoms with Gasteiger partial charge in [-0.1, -0.05) is 24.3 Å². The van der Waals surface area contributed by atoms with Crippen LogP contribution in [0.5, 0.6) is 17.2 Å². The van der Waals surface area contributed by atoms with Crippen molar-refractivity contribution in [2.45, 2.75) is 44.1 Å². The van der Waals surface area contributed by atoms with E-state index in [-0.39, 0.29) is 24.8 Å². The minimum atomic E-state index is -1.41. The Hall–Kier alpha value is -3.98. The summed E-state index contributed by atoms with van der Waals surface area (Å²) in [7, 11) is 1.56. The van der Waals surface area contributed by atoms with E-state index in [0.717, 1.165) is 21.6 Å². The number of carbonyl (C=O) groups excluding carboxylic acids is 2. The fourth-order valence-electron chi connectivity index (χ4n) is 4.99. The number of likely N-dealkylation sites (tertiary alicyclic amines) is 1. The molecule has 3 aromatic carbocycles. The Morgan fingerprint density at radius 3 is 2.05 bits per heavy atom. The quantitative estimate of drug-likeness (QED) is 0.231. The number of aryl methyl sites for hydroxylation is 2. The van der Waals surface area contributed by atoms with E-state index in [9.17, 15) is 19.5 Å². The van der Waals surface area contributed by atoms with E-state index in [1.807, 2.05) is 56.5 Å². The molecule has 0 saturated carbocycles. The van der Waals surface area contributed by atoms with Gasteiger partial charge in [-0.2, -0.15) is 0 Å². The monoisotopic (exact) mass is 577 g/mol. The van der Waals surface area contributed by atoms with Crippen LogP contribution in [0.25, 0.3) is 0 Å². The molecule has 0 radical (unpaired) electrons. The topological polar surface area (TPSA) is 102 Å². The summed E-state index contributed by atoms with van der Waals surface area (Å²) in [5.41, 5.74) is 1.56. The van der Waals surface area contributed by atoms with Crippen molar-refractivity contribution >= 4 is 29.6 Å². The minimum absolute atomic E-state index is 0.0509. The number of rotatable bonds is 9. The number of nitrogens with zero attached hydrogens (tertiary/aromatic N) is 1. The lowest BCUT2D eigenvalue weighted by molar-refractivity contribution is -0.152. The Kier molecular flexibility index (Phi) is 8.97. The average Bonchev–Trinajstić information content (AvgIpc) is 3.41. The Morgan fingerprint density at radius 2 is 1.51 bits per heavy atom. The molecule has 2 unspecified atom stereocenters. The molecule has 216 valence electrons. The van der Waals surface area contributed by atoms with Crippen LogP contribution >= 0.6 is 11.8 Å². The highest BCUT2D eigenvalue weighted by Crippen LogP contribution is 2.39. The zero-order valence-corrected chi connectivity index (χ0v) is 24.9. The molecule has 1 fully saturated rings. The molecule has 9 heteroatoms. The maximum atomic E-state index is 13.8. The van der Waals surface area contributed by atoms with Crippen LogP contribution < -0.4 is 14.2 Å². The first kappa shape index (κ1) is 30.0. The molecule has 2 atom stereocenters. The number of amides is 1. The SMILES string of the molecule is COc1ccc(OC(=O)N2CC(C(=O)c3ccc(SC)cc3)C(c3cc(C)c(OC(C)(C)C(=O)O)c(C)c3)C2)cc1. The van der Waals surface area contributed by atoms with Gasteiger partial charge < -0.3 is 24.2 Å². The summed E-state index contributed by atoms with van der Waals surface area (Å²) < 4.78 is 16.7. The molecule has 0 aliphatic carbocycles. The normalized spacial score (nSPS) is 16.8. The van der Waals surface area contributed by atoms with Crippen LogP contribution in [0.15, 0.2) is 65.6 Å². The van der Waals surface area contributed by atoms with E-state index in [1.54, 1.807) is 48.0 Å². The van der Waals surface area contributed by atoms with Crippen LogP contribution in [-0.4, -0.2) is 59.9 Å². The third-order valence-electron chi connectivity index (χ3n) is 7.34.